The Bertz CT molecular complexity index is 851. The minimum atomic E-state index is 0.0944. The minimum Gasteiger partial charge on any atom is -0.396 e. The van der Waals surface area contributed by atoms with Crippen molar-refractivity contribution in [2.45, 2.75) is 31.4 Å². The maximum atomic E-state index is 12.6. The van der Waals surface area contributed by atoms with Crippen LogP contribution in [0.25, 0.3) is 21.5 Å². The van der Waals surface area contributed by atoms with Gasteiger partial charge in [-0.25, -0.2) is 0 Å². The maximum absolute atomic E-state index is 12.6. The fourth-order valence-electron chi connectivity index (χ4n) is 3.01. The van der Waals surface area contributed by atoms with Gasteiger partial charge in [-0.15, -0.1) is 0 Å². The molecule has 0 spiro atoms. The van der Waals surface area contributed by atoms with Crippen molar-refractivity contribution in [2.75, 3.05) is 6.61 Å². The van der Waals surface area contributed by atoms with Gasteiger partial charge in [0.25, 0.3) is 0 Å². The first-order valence-corrected chi connectivity index (χ1v) is 9.33. The molecule has 3 aromatic carbocycles. The molecule has 1 atom stereocenters. The Labute approximate surface area is 146 Å². The van der Waals surface area contributed by atoms with E-state index in [9.17, 15) is 4.79 Å². The quantitative estimate of drug-likeness (QED) is 0.610. The van der Waals surface area contributed by atoms with Crippen molar-refractivity contribution in [2.24, 2.45) is 0 Å². The van der Waals surface area contributed by atoms with Gasteiger partial charge in [-0.3, -0.25) is 4.79 Å². The Hall–Kier alpha value is -1.84. The largest absolute Gasteiger partial charge is 0.396 e. The fraction of sp³-hybridized carbons (Fsp3) is 0.286. The highest BCUT2D eigenvalue weighted by Gasteiger charge is 2.15. The first kappa shape index (κ1) is 17.0. The fourth-order valence-corrected chi connectivity index (χ4v) is 4.16. The summed E-state index contributed by atoms with van der Waals surface area (Å²) < 4.78 is 0. The van der Waals surface area contributed by atoms with Crippen LogP contribution in [0.3, 0.4) is 0 Å². The zero-order valence-electron chi connectivity index (χ0n) is 13.9. The summed E-state index contributed by atoms with van der Waals surface area (Å²) in [5.74, 6) is 0. The van der Waals surface area contributed by atoms with Crippen LogP contribution in [0.1, 0.15) is 36.5 Å². The van der Waals surface area contributed by atoms with E-state index in [0.29, 0.717) is 6.42 Å². The van der Waals surface area contributed by atoms with Crippen molar-refractivity contribution in [1.29, 1.82) is 0 Å². The van der Waals surface area contributed by atoms with Crippen LogP contribution in [0, 0.1) is 0 Å². The summed E-state index contributed by atoms with van der Waals surface area (Å²) in [7, 11) is 0. The predicted molar refractivity (Wildman–Crippen MR) is 104 cm³/mol. The molecular formula is C21H22O2S. The summed E-state index contributed by atoms with van der Waals surface area (Å²) in [5.41, 5.74) is 0.738. The molecule has 24 heavy (non-hydrogen) atoms. The maximum Gasteiger partial charge on any atom is 0.219 e. The Morgan fingerprint density at radius 2 is 1.62 bits per heavy atom. The third-order valence-electron chi connectivity index (χ3n) is 4.28. The molecule has 0 aromatic heterocycles. The van der Waals surface area contributed by atoms with Crippen LogP contribution in [-0.2, 0) is 0 Å². The van der Waals surface area contributed by atoms with Gasteiger partial charge in [0.15, 0.2) is 0 Å². The molecule has 3 heteroatoms. The zero-order valence-corrected chi connectivity index (χ0v) is 14.7. The van der Waals surface area contributed by atoms with Gasteiger partial charge in [0.1, 0.15) is 0 Å². The predicted octanol–water partition coefficient (Wildman–Crippen LogP) is 5.42. The summed E-state index contributed by atoms with van der Waals surface area (Å²) in [5, 5.41) is 14.1. The van der Waals surface area contributed by atoms with E-state index in [1.807, 2.05) is 30.3 Å². The van der Waals surface area contributed by atoms with Gasteiger partial charge in [-0.2, -0.15) is 0 Å². The molecule has 1 N–H and O–H groups in total. The minimum absolute atomic E-state index is 0.0944. The Morgan fingerprint density at radius 3 is 2.29 bits per heavy atom. The van der Waals surface area contributed by atoms with E-state index in [1.165, 1.54) is 22.5 Å². The topological polar surface area (TPSA) is 37.3 Å². The molecule has 0 saturated heterocycles. The smallest absolute Gasteiger partial charge is 0.219 e. The number of carbonyl (C=O) groups excluding carboxylic acids is 1. The molecule has 124 valence electrons. The molecule has 0 aliphatic carbocycles. The molecule has 0 unspecified atom stereocenters. The lowest BCUT2D eigenvalue weighted by molar-refractivity contribution is 0.108. The highest BCUT2D eigenvalue weighted by Crippen LogP contribution is 2.28. The average molecular weight is 338 g/mol. The van der Waals surface area contributed by atoms with Gasteiger partial charge < -0.3 is 5.11 Å². The van der Waals surface area contributed by atoms with Crippen molar-refractivity contribution in [1.82, 2.24) is 0 Å². The van der Waals surface area contributed by atoms with Crippen molar-refractivity contribution >= 4 is 38.4 Å². The number of fused-ring (bicyclic) bond motifs is 2. The summed E-state index contributed by atoms with van der Waals surface area (Å²) in [6, 6.07) is 18.5. The number of thioether (sulfide) groups is 1. The van der Waals surface area contributed by atoms with Crippen molar-refractivity contribution < 1.29 is 9.90 Å². The van der Waals surface area contributed by atoms with Gasteiger partial charge in [-0.1, -0.05) is 55.4 Å². The monoisotopic (exact) mass is 338 g/mol. The van der Waals surface area contributed by atoms with Crippen LogP contribution in [0.15, 0.2) is 54.6 Å². The molecule has 0 heterocycles. The highest BCUT2D eigenvalue weighted by atomic mass is 32.2. The second-order valence-corrected chi connectivity index (χ2v) is 7.36. The lowest BCUT2D eigenvalue weighted by Crippen LogP contribution is -2.09. The van der Waals surface area contributed by atoms with Crippen LogP contribution < -0.4 is 0 Å². The van der Waals surface area contributed by atoms with E-state index in [4.69, 9.17) is 5.11 Å². The molecular weight excluding hydrogens is 316 g/mol. The molecule has 0 bridgehead atoms. The number of aliphatic hydroxyl groups excluding tert-OH is 1. The van der Waals surface area contributed by atoms with Crippen LogP contribution in [0.5, 0.6) is 0 Å². The van der Waals surface area contributed by atoms with Crippen LogP contribution >= 0.6 is 11.8 Å². The van der Waals surface area contributed by atoms with Crippen molar-refractivity contribution in [3.8, 4) is 0 Å². The first-order valence-electron chi connectivity index (χ1n) is 8.45. The summed E-state index contributed by atoms with van der Waals surface area (Å²) in [6.07, 6.45) is 2.65. The second kappa shape index (κ2) is 7.82. The van der Waals surface area contributed by atoms with Gasteiger partial charge in [-0.05, 0) is 58.7 Å². The van der Waals surface area contributed by atoms with Crippen molar-refractivity contribution in [3.63, 3.8) is 0 Å². The molecule has 0 fully saturated rings. The highest BCUT2D eigenvalue weighted by molar-refractivity contribution is 8.14. The van der Waals surface area contributed by atoms with E-state index in [1.54, 1.807) is 0 Å². The lowest BCUT2D eigenvalue weighted by atomic mass is 10.0. The number of aliphatic hydroxyl groups is 1. The normalized spacial score (nSPS) is 12.6. The van der Waals surface area contributed by atoms with Gasteiger partial charge in [0, 0.05) is 17.4 Å². The standard InChI is InChI=1S/C21H22O2S/c1-2-5-20(10-11-22)24-21(23)18-9-8-17-12-15-6-3-4-7-16(15)13-19(17)14-18/h3-4,6-9,12-14,20,22H,2,5,10-11H2,1H3/t20-/m1/s1. The van der Waals surface area contributed by atoms with Gasteiger partial charge in [0.05, 0.1) is 0 Å². The number of carbonyl (C=O) groups is 1. The third-order valence-corrected chi connectivity index (χ3v) is 5.53. The first-order chi connectivity index (χ1) is 11.7. The third kappa shape index (κ3) is 3.80. The van der Waals surface area contributed by atoms with Crippen LogP contribution in [0.2, 0.25) is 0 Å². The molecule has 0 amide bonds. The number of benzene rings is 3. The molecule has 0 saturated carbocycles. The molecule has 0 aliphatic heterocycles. The molecule has 3 rings (SSSR count). The van der Waals surface area contributed by atoms with Crippen LogP contribution in [0.4, 0.5) is 0 Å². The van der Waals surface area contributed by atoms with E-state index in [0.717, 1.165) is 29.2 Å². The molecule has 0 aliphatic rings. The van der Waals surface area contributed by atoms with E-state index >= 15 is 0 Å². The number of rotatable bonds is 6. The molecule has 3 aromatic rings. The Morgan fingerprint density at radius 1 is 0.958 bits per heavy atom. The van der Waals surface area contributed by atoms with Crippen LogP contribution in [-0.4, -0.2) is 22.1 Å². The van der Waals surface area contributed by atoms with Gasteiger partial charge >= 0.3 is 0 Å². The second-order valence-electron chi connectivity index (χ2n) is 6.09. The summed E-state index contributed by atoms with van der Waals surface area (Å²) in [4.78, 5) is 12.6. The van der Waals surface area contributed by atoms with E-state index < -0.39 is 0 Å². The molecule has 2 nitrogen and oxygen atoms in total. The SMILES string of the molecule is CCC[C@H](CCO)SC(=O)c1ccc2cc3ccccc3cc2c1. The van der Waals surface area contributed by atoms with E-state index in [2.05, 4.69) is 31.2 Å². The van der Waals surface area contributed by atoms with Gasteiger partial charge in [0.2, 0.25) is 5.12 Å². The lowest BCUT2D eigenvalue weighted by Gasteiger charge is -2.13. The number of hydrogen-bond donors (Lipinski definition) is 1. The Balaban J connectivity index is 1.88. The Kier molecular flexibility index (Phi) is 5.54. The average Bonchev–Trinajstić information content (AvgIpc) is 2.59. The van der Waals surface area contributed by atoms with Crippen molar-refractivity contribution in [3.05, 3.63) is 60.2 Å². The summed E-state index contributed by atoms with van der Waals surface area (Å²) in [6.45, 7) is 2.24. The zero-order chi connectivity index (χ0) is 16.9. The van der Waals surface area contributed by atoms with E-state index in [-0.39, 0.29) is 17.0 Å². The number of hydrogen-bond acceptors (Lipinski definition) is 3. The summed E-state index contributed by atoms with van der Waals surface area (Å²) >= 11 is 1.36. The molecule has 0 radical (unpaired) electrons.